The lowest BCUT2D eigenvalue weighted by atomic mass is 9.95. The van der Waals surface area contributed by atoms with Gasteiger partial charge in [0.2, 0.25) is 0 Å². The molecule has 1 aliphatic heterocycles. The van der Waals surface area contributed by atoms with E-state index < -0.39 is 0 Å². The van der Waals surface area contributed by atoms with E-state index in [1.807, 2.05) is 12.1 Å². The Bertz CT molecular complexity index is 396. The molecule has 1 fully saturated rings. The third kappa shape index (κ3) is 3.97. The van der Waals surface area contributed by atoms with Crippen molar-refractivity contribution in [3.05, 3.63) is 29.8 Å². The maximum atomic E-state index is 9.43. The van der Waals surface area contributed by atoms with Crippen LogP contribution in [0, 0.1) is 5.92 Å². The fourth-order valence-corrected chi connectivity index (χ4v) is 3.12. The standard InChI is InChI=1S/C17H28N2O/c1-13(2)19(12-15-8-10-18-11-9-15)14(3)16-4-6-17(20)7-5-16/h4-7,13-15,18,20H,8-12H2,1-3H3. The number of nitrogens with zero attached hydrogens (tertiary/aromatic N) is 1. The minimum absolute atomic E-state index is 0.343. The highest BCUT2D eigenvalue weighted by molar-refractivity contribution is 5.27. The van der Waals surface area contributed by atoms with Crippen molar-refractivity contribution in [3.63, 3.8) is 0 Å². The molecule has 1 unspecified atom stereocenters. The van der Waals surface area contributed by atoms with E-state index in [0.29, 0.717) is 17.8 Å². The second-order valence-corrected chi connectivity index (χ2v) is 6.25. The van der Waals surface area contributed by atoms with Gasteiger partial charge in [-0.1, -0.05) is 12.1 Å². The number of benzene rings is 1. The summed E-state index contributed by atoms with van der Waals surface area (Å²) < 4.78 is 0. The number of hydrogen-bond acceptors (Lipinski definition) is 3. The van der Waals surface area contributed by atoms with E-state index >= 15 is 0 Å². The van der Waals surface area contributed by atoms with E-state index in [2.05, 4.69) is 31.0 Å². The summed E-state index contributed by atoms with van der Waals surface area (Å²) in [6, 6.07) is 8.58. The summed E-state index contributed by atoms with van der Waals surface area (Å²) in [6.45, 7) is 10.3. The second kappa shape index (κ2) is 7.09. The van der Waals surface area contributed by atoms with Crippen molar-refractivity contribution < 1.29 is 5.11 Å². The summed E-state index contributed by atoms with van der Waals surface area (Å²) in [6.07, 6.45) is 2.57. The number of hydrogen-bond donors (Lipinski definition) is 2. The van der Waals surface area contributed by atoms with Gasteiger partial charge in [0.1, 0.15) is 5.75 Å². The zero-order valence-electron chi connectivity index (χ0n) is 13.0. The van der Waals surface area contributed by atoms with Gasteiger partial charge >= 0.3 is 0 Å². The van der Waals surface area contributed by atoms with Gasteiger partial charge in [0.15, 0.2) is 0 Å². The Balaban J connectivity index is 2.04. The maximum Gasteiger partial charge on any atom is 0.115 e. The SMILES string of the molecule is CC(C)N(CC1CCNCC1)C(C)c1ccc(O)cc1. The Labute approximate surface area is 123 Å². The number of nitrogens with one attached hydrogen (secondary N) is 1. The minimum Gasteiger partial charge on any atom is -0.508 e. The van der Waals surface area contributed by atoms with Crippen LogP contribution in [0.1, 0.15) is 45.2 Å². The average molecular weight is 276 g/mol. The molecule has 0 aliphatic carbocycles. The molecule has 20 heavy (non-hydrogen) atoms. The maximum absolute atomic E-state index is 9.43. The Kier molecular flexibility index (Phi) is 5.44. The molecule has 1 aromatic carbocycles. The summed E-state index contributed by atoms with van der Waals surface area (Å²) >= 11 is 0. The molecular formula is C17H28N2O. The molecule has 0 spiro atoms. The predicted molar refractivity (Wildman–Crippen MR) is 84.0 cm³/mol. The number of aromatic hydroxyl groups is 1. The molecule has 1 heterocycles. The number of phenols is 1. The summed E-state index contributed by atoms with van der Waals surface area (Å²) in [4.78, 5) is 2.59. The largest absolute Gasteiger partial charge is 0.508 e. The van der Waals surface area contributed by atoms with Crippen LogP contribution in [0.5, 0.6) is 5.75 Å². The highest BCUT2D eigenvalue weighted by Gasteiger charge is 2.23. The van der Waals surface area contributed by atoms with Crippen LogP contribution in [0.2, 0.25) is 0 Å². The lowest BCUT2D eigenvalue weighted by Crippen LogP contribution is -2.40. The van der Waals surface area contributed by atoms with E-state index in [1.54, 1.807) is 12.1 Å². The fourth-order valence-electron chi connectivity index (χ4n) is 3.12. The molecule has 0 radical (unpaired) electrons. The first-order valence-corrected chi connectivity index (χ1v) is 7.83. The fraction of sp³-hybridized carbons (Fsp3) is 0.647. The van der Waals surface area contributed by atoms with Crippen LogP contribution in [-0.2, 0) is 0 Å². The van der Waals surface area contributed by atoms with Crippen molar-refractivity contribution in [1.29, 1.82) is 0 Å². The van der Waals surface area contributed by atoms with E-state index in [9.17, 15) is 5.11 Å². The van der Waals surface area contributed by atoms with E-state index in [-0.39, 0.29) is 0 Å². The molecule has 3 heteroatoms. The summed E-state index contributed by atoms with van der Waals surface area (Å²) in [5.41, 5.74) is 1.28. The first-order chi connectivity index (χ1) is 9.58. The molecule has 1 atom stereocenters. The molecule has 1 aliphatic rings. The third-order valence-corrected chi connectivity index (χ3v) is 4.46. The van der Waals surface area contributed by atoms with Crippen LogP contribution in [0.25, 0.3) is 0 Å². The number of piperidine rings is 1. The molecule has 2 N–H and O–H groups in total. The average Bonchev–Trinajstić information content (AvgIpc) is 2.45. The third-order valence-electron chi connectivity index (χ3n) is 4.46. The molecular weight excluding hydrogens is 248 g/mol. The van der Waals surface area contributed by atoms with Gasteiger partial charge in [-0.25, -0.2) is 0 Å². The molecule has 1 saturated heterocycles. The quantitative estimate of drug-likeness (QED) is 0.867. The van der Waals surface area contributed by atoms with Gasteiger partial charge in [0.25, 0.3) is 0 Å². The Morgan fingerprint density at radius 2 is 1.75 bits per heavy atom. The van der Waals surface area contributed by atoms with Crippen LogP contribution in [0.3, 0.4) is 0 Å². The van der Waals surface area contributed by atoms with Crippen molar-refractivity contribution in [1.82, 2.24) is 10.2 Å². The van der Waals surface area contributed by atoms with Crippen LogP contribution in [0.4, 0.5) is 0 Å². The summed E-state index contributed by atoms with van der Waals surface area (Å²) in [5.74, 6) is 1.15. The van der Waals surface area contributed by atoms with E-state index in [0.717, 1.165) is 19.0 Å². The molecule has 2 rings (SSSR count). The van der Waals surface area contributed by atoms with Gasteiger partial charge in [-0.05, 0) is 70.3 Å². The molecule has 0 saturated carbocycles. The smallest absolute Gasteiger partial charge is 0.115 e. The van der Waals surface area contributed by atoms with Crippen molar-refractivity contribution in [2.24, 2.45) is 5.92 Å². The van der Waals surface area contributed by atoms with Crippen LogP contribution < -0.4 is 5.32 Å². The van der Waals surface area contributed by atoms with Crippen molar-refractivity contribution in [2.45, 2.75) is 45.7 Å². The van der Waals surface area contributed by atoms with Gasteiger partial charge in [-0.15, -0.1) is 0 Å². The summed E-state index contributed by atoms with van der Waals surface area (Å²) in [5, 5.41) is 12.9. The molecule has 0 amide bonds. The monoisotopic (exact) mass is 276 g/mol. The van der Waals surface area contributed by atoms with Gasteiger partial charge in [0.05, 0.1) is 0 Å². The highest BCUT2D eigenvalue weighted by Crippen LogP contribution is 2.26. The van der Waals surface area contributed by atoms with E-state index in [4.69, 9.17) is 0 Å². The van der Waals surface area contributed by atoms with Crippen molar-refractivity contribution in [3.8, 4) is 5.75 Å². The van der Waals surface area contributed by atoms with Crippen LogP contribution in [0.15, 0.2) is 24.3 Å². The van der Waals surface area contributed by atoms with Crippen LogP contribution in [-0.4, -0.2) is 35.7 Å². The molecule has 112 valence electrons. The predicted octanol–water partition coefficient (Wildman–Crippen LogP) is 3.16. The molecule has 3 nitrogen and oxygen atoms in total. The first-order valence-electron chi connectivity index (χ1n) is 7.83. The molecule has 0 bridgehead atoms. The second-order valence-electron chi connectivity index (χ2n) is 6.25. The molecule has 1 aromatic rings. The number of phenolic OH excluding ortho intramolecular Hbond substituents is 1. The lowest BCUT2D eigenvalue weighted by Gasteiger charge is -2.37. The van der Waals surface area contributed by atoms with Gasteiger partial charge < -0.3 is 10.4 Å². The Morgan fingerprint density at radius 1 is 1.15 bits per heavy atom. The minimum atomic E-state index is 0.343. The topological polar surface area (TPSA) is 35.5 Å². The zero-order valence-corrected chi connectivity index (χ0v) is 13.0. The van der Waals surface area contributed by atoms with E-state index in [1.165, 1.54) is 24.9 Å². The number of rotatable bonds is 5. The normalized spacial score (nSPS) is 18.6. The lowest BCUT2D eigenvalue weighted by molar-refractivity contribution is 0.125. The first kappa shape index (κ1) is 15.3. The van der Waals surface area contributed by atoms with Crippen molar-refractivity contribution >= 4 is 0 Å². The van der Waals surface area contributed by atoms with Gasteiger partial charge in [-0.2, -0.15) is 0 Å². The van der Waals surface area contributed by atoms with Gasteiger partial charge in [-0.3, -0.25) is 4.90 Å². The summed E-state index contributed by atoms with van der Waals surface area (Å²) in [7, 11) is 0. The Morgan fingerprint density at radius 3 is 2.30 bits per heavy atom. The van der Waals surface area contributed by atoms with Crippen molar-refractivity contribution in [2.75, 3.05) is 19.6 Å². The highest BCUT2D eigenvalue weighted by atomic mass is 16.3. The molecule has 0 aromatic heterocycles. The zero-order chi connectivity index (χ0) is 14.5. The Hall–Kier alpha value is -1.06. The van der Waals surface area contributed by atoms with Gasteiger partial charge in [0, 0.05) is 18.6 Å². The van der Waals surface area contributed by atoms with Crippen LogP contribution >= 0.6 is 0 Å².